The van der Waals surface area contributed by atoms with Crippen LogP contribution in [0.1, 0.15) is 24.5 Å². The number of benzene rings is 1. The van der Waals surface area contributed by atoms with Crippen molar-refractivity contribution in [2.45, 2.75) is 25.0 Å². The van der Waals surface area contributed by atoms with Gasteiger partial charge in [0.05, 0.1) is 19.3 Å². The SMILES string of the molecule is OCC1CCCN1c1cc(N2CCOC(c3cccc(Br)c3)C2)ncn1. The molecule has 0 saturated carbocycles. The maximum atomic E-state index is 9.58. The maximum Gasteiger partial charge on any atom is 0.134 e. The molecule has 2 aliphatic heterocycles. The van der Waals surface area contributed by atoms with Gasteiger partial charge in [-0.15, -0.1) is 0 Å². The number of nitrogens with zero attached hydrogens (tertiary/aromatic N) is 4. The molecule has 4 rings (SSSR count). The standard InChI is InChI=1S/C19H23BrN4O2/c20-15-4-1-3-14(9-15)17-11-23(7-8-26-17)18-10-19(22-13-21-18)24-6-2-5-16(24)12-25/h1,3-4,9-10,13,16-17,25H,2,5-8,11-12H2. The summed E-state index contributed by atoms with van der Waals surface area (Å²) in [6, 6.07) is 10.5. The molecule has 2 aliphatic rings. The van der Waals surface area contributed by atoms with Gasteiger partial charge >= 0.3 is 0 Å². The summed E-state index contributed by atoms with van der Waals surface area (Å²) < 4.78 is 7.05. The van der Waals surface area contributed by atoms with Crippen LogP contribution in [0.2, 0.25) is 0 Å². The number of anilines is 2. The van der Waals surface area contributed by atoms with E-state index in [0.717, 1.165) is 48.6 Å². The van der Waals surface area contributed by atoms with Crippen LogP contribution in [-0.2, 0) is 4.74 Å². The molecular weight excluding hydrogens is 396 g/mol. The summed E-state index contributed by atoms with van der Waals surface area (Å²) in [4.78, 5) is 13.4. The smallest absolute Gasteiger partial charge is 0.134 e. The molecule has 2 aromatic rings. The number of morpholine rings is 1. The Morgan fingerprint density at radius 3 is 2.92 bits per heavy atom. The van der Waals surface area contributed by atoms with Gasteiger partial charge in [0.1, 0.15) is 24.1 Å². The van der Waals surface area contributed by atoms with Crippen molar-refractivity contribution < 1.29 is 9.84 Å². The van der Waals surface area contributed by atoms with Crippen molar-refractivity contribution in [3.63, 3.8) is 0 Å². The van der Waals surface area contributed by atoms with E-state index in [0.29, 0.717) is 6.61 Å². The zero-order chi connectivity index (χ0) is 17.9. The van der Waals surface area contributed by atoms with Gasteiger partial charge in [0.25, 0.3) is 0 Å². The zero-order valence-electron chi connectivity index (χ0n) is 14.6. The van der Waals surface area contributed by atoms with Crippen molar-refractivity contribution in [1.82, 2.24) is 9.97 Å². The summed E-state index contributed by atoms with van der Waals surface area (Å²) in [5, 5.41) is 9.58. The summed E-state index contributed by atoms with van der Waals surface area (Å²) in [7, 11) is 0. The van der Waals surface area contributed by atoms with Crippen LogP contribution in [0.4, 0.5) is 11.6 Å². The van der Waals surface area contributed by atoms with Crippen molar-refractivity contribution in [3.8, 4) is 0 Å². The number of rotatable bonds is 4. The first-order chi connectivity index (χ1) is 12.7. The van der Waals surface area contributed by atoms with Gasteiger partial charge in [-0.05, 0) is 30.5 Å². The van der Waals surface area contributed by atoms with Gasteiger partial charge < -0.3 is 19.6 Å². The van der Waals surface area contributed by atoms with Crippen LogP contribution in [0.15, 0.2) is 41.1 Å². The minimum Gasteiger partial charge on any atom is -0.394 e. The van der Waals surface area contributed by atoms with Gasteiger partial charge in [0, 0.05) is 30.2 Å². The van der Waals surface area contributed by atoms with Crippen LogP contribution < -0.4 is 9.80 Å². The summed E-state index contributed by atoms with van der Waals surface area (Å²) in [6.45, 7) is 3.34. The monoisotopic (exact) mass is 418 g/mol. The minimum absolute atomic E-state index is 0.0247. The number of aliphatic hydroxyl groups excluding tert-OH is 1. The first-order valence-electron chi connectivity index (χ1n) is 9.06. The molecule has 7 heteroatoms. The van der Waals surface area contributed by atoms with E-state index in [2.05, 4.69) is 47.8 Å². The molecule has 1 aromatic carbocycles. The average Bonchev–Trinajstić information content (AvgIpc) is 3.17. The van der Waals surface area contributed by atoms with Crippen LogP contribution in [0.5, 0.6) is 0 Å². The summed E-state index contributed by atoms with van der Waals surface area (Å²) in [6.07, 6.45) is 3.75. The van der Waals surface area contributed by atoms with Gasteiger partial charge in [-0.25, -0.2) is 9.97 Å². The number of ether oxygens (including phenoxy) is 1. The van der Waals surface area contributed by atoms with Crippen LogP contribution in [0, 0.1) is 0 Å². The molecule has 0 radical (unpaired) electrons. The van der Waals surface area contributed by atoms with E-state index >= 15 is 0 Å². The van der Waals surface area contributed by atoms with Crippen molar-refractivity contribution in [2.24, 2.45) is 0 Å². The summed E-state index contributed by atoms with van der Waals surface area (Å²) in [5.74, 6) is 1.82. The van der Waals surface area contributed by atoms with Crippen molar-refractivity contribution >= 4 is 27.6 Å². The van der Waals surface area contributed by atoms with Gasteiger partial charge in [-0.3, -0.25) is 0 Å². The highest BCUT2D eigenvalue weighted by atomic mass is 79.9. The quantitative estimate of drug-likeness (QED) is 0.823. The van der Waals surface area contributed by atoms with E-state index in [9.17, 15) is 5.11 Å². The fourth-order valence-corrected chi connectivity index (χ4v) is 4.18. The largest absolute Gasteiger partial charge is 0.394 e. The predicted molar refractivity (Wildman–Crippen MR) is 105 cm³/mol. The molecule has 0 bridgehead atoms. The molecule has 2 unspecified atom stereocenters. The van der Waals surface area contributed by atoms with Crippen molar-refractivity contribution in [2.75, 3.05) is 42.6 Å². The molecule has 1 N–H and O–H groups in total. The van der Waals surface area contributed by atoms with E-state index in [1.807, 2.05) is 18.2 Å². The fourth-order valence-electron chi connectivity index (χ4n) is 3.76. The van der Waals surface area contributed by atoms with Crippen LogP contribution in [0.3, 0.4) is 0 Å². The molecule has 2 fully saturated rings. The second kappa shape index (κ2) is 7.90. The third-order valence-electron chi connectivity index (χ3n) is 5.13. The number of hydrogen-bond donors (Lipinski definition) is 1. The molecule has 6 nitrogen and oxygen atoms in total. The second-order valence-electron chi connectivity index (χ2n) is 6.77. The Balaban J connectivity index is 1.53. The first kappa shape index (κ1) is 17.7. The Labute approximate surface area is 161 Å². The first-order valence-corrected chi connectivity index (χ1v) is 9.85. The average molecular weight is 419 g/mol. The Morgan fingerprint density at radius 1 is 1.19 bits per heavy atom. The molecule has 2 atom stereocenters. The lowest BCUT2D eigenvalue weighted by Crippen LogP contribution is -2.39. The number of hydrogen-bond acceptors (Lipinski definition) is 6. The Hall–Kier alpha value is -1.70. The molecule has 1 aromatic heterocycles. The molecule has 0 aliphatic carbocycles. The number of aromatic nitrogens is 2. The van der Waals surface area contributed by atoms with E-state index in [1.54, 1.807) is 6.33 Å². The molecule has 0 spiro atoms. The van der Waals surface area contributed by atoms with Gasteiger partial charge in [0.15, 0.2) is 0 Å². The van der Waals surface area contributed by atoms with Crippen molar-refractivity contribution in [3.05, 3.63) is 46.7 Å². The van der Waals surface area contributed by atoms with Crippen LogP contribution in [0.25, 0.3) is 0 Å². The van der Waals surface area contributed by atoms with E-state index < -0.39 is 0 Å². The van der Waals surface area contributed by atoms with Crippen LogP contribution >= 0.6 is 15.9 Å². The molecule has 0 amide bonds. The van der Waals surface area contributed by atoms with E-state index in [1.165, 1.54) is 5.56 Å². The topological polar surface area (TPSA) is 61.7 Å². The molecule has 26 heavy (non-hydrogen) atoms. The van der Waals surface area contributed by atoms with Gasteiger partial charge in [-0.2, -0.15) is 0 Å². The highest BCUT2D eigenvalue weighted by Gasteiger charge is 2.27. The van der Waals surface area contributed by atoms with Gasteiger partial charge in [-0.1, -0.05) is 28.1 Å². The molecule has 2 saturated heterocycles. The molecule has 3 heterocycles. The normalized spacial score (nSPS) is 23.5. The lowest BCUT2D eigenvalue weighted by Gasteiger charge is -2.34. The zero-order valence-corrected chi connectivity index (χ0v) is 16.2. The third-order valence-corrected chi connectivity index (χ3v) is 5.62. The van der Waals surface area contributed by atoms with E-state index in [4.69, 9.17) is 4.74 Å². The second-order valence-corrected chi connectivity index (χ2v) is 7.68. The molecule has 138 valence electrons. The van der Waals surface area contributed by atoms with Crippen molar-refractivity contribution in [1.29, 1.82) is 0 Å². The summed E-state index contributed by atoms with van der Waals surface area (Å²) in [5.41, 5.74) is 1.17. The lowest BCUT2D eigenvalue weighted by molar-refractivity contribution is 0.0395. The summed E-state index contributed by atoms with van der Waals surface area (Å²) >= 11 is 3.53. The highest BCUT2D eigenvalue weighted by molar-refractivity contribution is 9.10. The molecular formula is C19H23BrN4O2. The Kier molecular flexibility index (Phi) is 5.38. The Morgan fingerprint density at radius 2 is 2.08 bits per heavy atom. The Bertz CT molecular complexity index is 760. The lowest BCUT2D eigenvalue weighted by atomic mass is 10.1. The minimum atomic E-state index is 0.0247. The highest BCUT2D eigenvalue weighted by Crippen LogP contribution is 2.29. The van der Waals surface area contributed by atoms with E-state index in [-0.39, 0.29) is 18.8 Å². The number of aliphatic hydroxyl groups is 1. The third kappa shape index (κ3) is 3.70. The predicted octanol–water partition coefficient (Wildman–Crippen LogP) is 2.78. The maximum absolute atomic E-state index is 9.58. The van der Waals surface area contributed by atoms with Crippen LogP contribution in [-0.4, -0.2) is 54.0 Å². The fraction of sp³-hybridized carbons (Fsp3) is 0.474. The number of halogens is 1. The van der Waals surface area contributed by atoms with Gasteiger partial charge in [0.2, 0.25) is 0 Å².